The van der Waals surface area contributed by atoms with E-state index >= 15 is 0 Å². The van der Waals surface area contributed by atoms with Crippen LogP contribution >= 0.6 is 12.4 Å². The van der Waals surface area contributed by atoms with E-state index in [0.29, 0.717) is 13.2 Å². The first kappa shape index (κ1) is 16.8. The van der Waals surface area contributed by atoms with Crippen molar-refractivity contribution in [1.29, 1.82) is 0 Å². The summed E-state index contributed by atoms with van der Waals surface area (Å²) >= 11 is 0. The van der Waals surface area contributed by atoms with Crippen LogP contribution in [0.25, 0.3) is 0 Å². The van der Waals surface area contributed by atoms with Crippen LogP contribution in [0.15, 0.2) is 18.2 Å². The maximum atomic E-state index is 5.68. The predicted octanol–water partition coefficient (Wildman–Crippen LogP) is 1.36. The molecule has 128 valence electrons. The Balaban J connectivity index is 0.00000156. The fourth-order valence-corrected chi connectivity index (χ4v) is 3.68. The molecule has 0 bridgehead atoms. The van der Waals surface area contributed by atoms with E-state index in [2.05, 4.69) is 27.2 Å². The maximum absolute atomic E-state index is 5.68. The first-order chi connectivity index (χ1) is 10.9. The molecule has 1 N–H and O–H groups in total. The van der Waals surface area contributed by atoms with Crippen molar-refractivity contribution >= 4 is 12.4 Å². The second-order valence-electron chi connectivity index (χ2n) is 6.44. The number of piperazine rings is 1. The minimum Gasteiger partial charge on any atom is -0.486 e. The number of fused-ring (bicyclic) bond motifs is 1. The lowest BCUT2D eigenvalue weighted by atomic mass is 10.1. The summed E-state index contributed by atoms with van der Waals surface area (Å²) in [4.78, 5) is 5.20. The van der Waals surface area contributed by atoms with Crippen molar-refractivity contribution < 1.29 is 9.47 Å². The Morgan fingerprint density at radius 3 is 2.57 bits per heavy atom. The van der Waals surface area contributed by atoms with Gasteiger partial charge in [-0.3, -0.25) is 9.80 Å². The molecule has 3 heterocycles. The Bertz CT molecular complexity index is 515. The molecule has 2 saturated heterocycles. The molecule has 5 nitrogen and oxygen atoms in total. The topological polar surface area (TPSA) is 37.0 Å². The lowest BCUT2D eigenvalue weighted by molar-refractivity contribution is 0.0979. The quantitative estimate of drug-likeness (QED) is 0.900. The number of halogens is 1. The Morgan fingerprint density at radius 2 is 1.83 bits per heavy atom. The molecule has 6 heteroatoms. The predicted molar refractivity (Wildman–Crippen MR) is 92.8 cm³/mol. The summed E-state index contributed by atoms with van der Waals surface area (Å²) < 4.78 is 11.3. The average Bonchev–Trinajstić information content (AvgIpc) is 3.10. The van der Waals surface area contributed by atoms with Gasteiger partial charge in [0, 0.05) is 45.3 Å². The van der Waals surface area contributed by atoms with Gasteiger partial charge in [0.05, 0.1) is 0 Å². The van der Waals surface area contributed by atoms with E-state index < -0.39 is 0 Å². The monoisotopic (exact) mass is 339 g/mol. The first-order valence-corrected chi connectivity index (χ1v) is 8.44. The fourth-order valence-electron chi connectivity index (χ4n) is 3.68. The number of rotatable bonds is 3. The summed E-state index contributed by atoms with van der Waals surface area (Å²) in [6, 6.07) is 7.11. The Labute approximate surface area is 144 Å². The molecular formula is C17H26ClN3O2. The van der Waals surface area contributed by atoms with Gasteiger partial charge in [0.25, 0.3) is 0 Å². The van der Waals surface area contributed by atoms with Crippen molar-refractivity contribution in [3.05, 3.63) is 23.8 Å². The van der Waals surface area contributed by atoms with Crippen LogP contribution < -0.4 is 14.8 Å². The van der Waals surface area contributed by atoms with Crippen LogP contribution in [0.2, 0.25) is 0 Å². The molecule has 4 rings (SSSR count). The van der Waals surface area contributed by atoms with Crippen LogP contribution in [0.4, 0.5) is 0 Å². The number of benzene rings is 1. The highest BCUT2D eigenvalue weighted by Crippen LogP contribution is 2.31. The third-order valence-electron chi connectivity index (χ3n) is 4.97. The van der Waals surface area contributed by atoms with E-state index in [9.17, 15) is 0 Å². The largest absolute Gasteiger partial charge is 0.486 e. The molecule has 3 aliphatic rings. The van der Waals surface area contributed by atoms with Crippen molar-refractivity contribution in [2.24, 2.45) is 0 Å². The van der Waals surface area contributed by atoms with Gasteiger partial charge < -0.3 is 14.8 Å². The van der Waals surface area contributed by atoms with E-state index in [1.54, 1.807) is 0 Å². The summed E-state index contributed by atoms with van der Waals surface area (Å²) in [6.45, 7) is 9.37. The zero-order valence-corrected chi connectivity index (χ0v) is 14.3. The summed E-state index contributed by atoms with van der Waals surface area (Å²) in [7, 11) is 0. The number of nitrogens with one attached hydrogen (secondary N) is 1. The van der Waals surface area contributed by atoms with E-state index in [4.69, 9.17) is 9.47 Å². The third-order valence-corrected chi connectivity index (χ3v) is 4.97. The lowest BCUT2D eigenvalue weighted by Crippen LogP contribution is -2.50. The summed E-state index contributed by atoms with van der Waals surface area (Å²) in [5.74, 6) is 1.79. The fraction of sp³-hybridized carbons (Fsp3) is 0.647. The normalized spacial score (nSPS) is 25.1. The van der Waals surface area contributed by atoms with Crippen LogP contribution in [0.3, 0.4) is 0 Å². The van der Waals surface area contributed by atoms with Crippen LogP contribution in [0, 0.1) is 0 Å². The van der Waals surface area contributed by atoms with Gasteiger partial charge in [0.15, 0.2) is 11.5 Å². The Hall–Kier alpha value is -1.01. The third kappa shape index (κ3) is 3.91. The molecule has 1 aromatic carbocycles. The molecule has 3 aliphatic heterocycles. The molecule has 1 aromatic rings. The SMILES string of the molecule is Cl.c1cc2c(cc1CN1CCN(C3CCNC3)CC1)OCCO2. The van der Waals surface area contributed by atoms with Gasteiger partial charge in [-0.15, -0.1) is 12.4 Å². The minimum atomic E-state index is 0. The van der Waals surface area contributed by atoms with Gasteiger partial charge in [-0.25, -0.2) is 0 Å². The van der Waals surface area contributed by atoms with E-state index in [0.717, 1.165) is 37.2 Å². The number of nitrogens with zero attached hydrogens (tertiary/aromatic N) is 2. The smallest absolute Gasteiger partial charge is 0.161 e. The van der Waals surface area contributed by atoms with Gasteiger partial charge in [-0.1, -0.05) is 6.07 Å². The van der Waals surface area contributed by atoms with Crippen molar-refractivity contribution in [1.82, 2.24) is 15.1 Å². The number of hydrogen-bond donors (Lipinski definition) is 1. The second kappa shape index (κ2) is 7.71. The summed E-state index contributed by atoms with van der Waals surface area (Å²) in [6.07, 6.45) is 1.31. The molecule has 0 spiro atoms. The van der Waals surface area contributed by atoms with E-state index in [1.807, 2.05) is 6.07 Å². The van der Waals surface area contributed by atoms with Gasteiger partial charge in [0.2, 0.25) is 0 Å². The number of ether oxygens (including phenoxy) is 2. The number of hydrogen-bond acceptors (Lipinski definition) is 5. The highest BCUT2D eigenvalue weighted by atomic mass is 35.5. The Kier molecular flexibility index (Phi) is 5.64. The molecule has 0 radical (unpaired) electrons. The zero-order chi connectivity index (χ0) is 14.8. The maximum Gasteiger partial charge on any atom is 0.161 e. The van der Waals surface area contributed by atoms with Gasteiger partial charge in [0.1, 0.15) is 13.2 Å². The van der Waals surface area contributed by atoms with Crippen molar-refractivity contribution in [3.63, 3.8) is 0 Å². The van der Waals surface area contributed by atoms with E-state index in [-0.39, 0.29) is 12.4 Å². The standard InChI is InChI=1S/C17H25N3O2.ClH/c1-2-16-17(22-10-9-21-16)11-14(1)13-19-5-7-20(8-6-19)15-3-4-18-12-15;/h1-2,11,15,18H,3-10,12-13H2;1H. The van der Waals surface area contributed by atoms with E-state index in [1.165, 1.54) is 38.2 Å². The lowest BCUT2D eigenvalue weighted by Gasteiger charge is -2.37. The molecular weight excluding hydrogens is 314 g/mol. The van der Waals surface area contributed by atoms with Crippen molar-refractivity contribution in [3.8, 4) is 11.5 Å². The molecule has 23 heavy (non-hydrogen) atoms. The molecule has 0 aromatic heterocycles. The van der Waals surface area contributed by atoms with Crippen LogP contribution in [-0.4, -0.2) is 68.3 Å². The average molecular weight is 340 g/mol. The zero-order valence-electron chi connectivity index (χ0n) is 13.5. The molecule has 2 fully saturated rings. The summed E-state index contributed by atoms with van der Waals surface area (Å²) in [5, 5.41) is 3.47. The summed E-state index contributed by atoms with van der Waals surface area (Å²) in [5.41, 5.74) is 1.32. The van der Waals surface area contributed by atoms with Gasteiger partial charge in [-0.05, 0) is 30.7 Å². The molecule has 0 aliphatic carbocycles. The Morgan fingerprint density at radius 1 is 1.04 bits per heavy atom. The van der Waals surface area contributed by atoms with Gasteiger partial charge >= 0.3 is 0 Å². The highest BCUT2D eigenvalue weighted by Gasteiger charge is 2.26. The second-order valence-corrected chi connectivity index (χ2v) is 6.44. The molecule has 0 saturated carbocycles. The van der Waals surface area contributed by atoms with Crippen LogP contribution in [-0.2, 0) is 6.54 Å². The molecule has 0 amide bonds. The van der Waals surface area contributed by atoms with Crippen molar-refractivity contribution in [2.75, 3.05) is 52.5 Å². The van der Waals surface area contributed by atoms with Crippen LogP contribution in [0.1, 0.15) is 12.0 Å². The molecule has 1 unspecified atom stereocenters. The first-order valence-electron chi connectivity index (χ1n) is 8.44. The highest BCUT2D eigenvalue weighted by molar-refractivity contribution is 5.85. The van der Waals surface area contributed by atoms with Crippen molar-refractivity contribution in [2.45, 2.75) is 19.0 Å². The molecule has 1 atom stereocenters. The van der Waals surface area contributed by atoms with Crippen LogP contribution in [0.5, 0.6) is 11.5 Å². The van der Waals surface area contributed by atoms with Gasteiger partial charge in [-0.2, -0.15) is 0 Å². The minimum absolute atomic E-state index is 0.